The normalized spacial score (nSPS) is 18.6. The van der Waals surface area contributed by atoms with Gasteiger partial charge >= 0.3 is 0 Å². The lowest BCUT2D eigenvalue weighted by atomic mass is 9.96. The lowest BCUT2D eigenvalue weighted by molar-refractivity contribution is 0.0266. The summed E-state index contributed by atoms with van der Waals surface area (Å²) in [5, 5.41) is 3.64. The summed E-state index contributed by atoms with van der Waals surface area (Å²) in [7, 11) is -3.78. The van der Waals surface area contributed by atoms with Gasteiger partial charge in [0.2, 0.25) is 0 Å². The molecule has 0 spiro atoms. The van der Waals surface area contributed by atoms with E-state index in [4.69, 9.17) is 5.73 Å². The Morgan fingerprint density at radius 3 is 2.74 bits per heavy atom. The molecule has 23 heavy (non-hydrogen) atoms. The average molecular weight is 404 g/mol. The molecule has 1 saturated heterocycles. The molecule has 7 nitrogen and oxygen atoms in total. The molecule has 1 fully saturated rings. The van der Waals surface area contributed by atoms with Crippen molar-refractivity contribution in [3.05, 3.63) is 22.7 Å². The molecule has 128 valence electrons. The maximum Gasteiger partial charge on any atom is 0.283 e. The highest BCUT2D eigenvalue weighted by Gasteiger charge is 2.31. The van der Waals surface area contributed by atoms with Crippen molar-refractivity contribution in [2.24, 2.45) is 9.81 Å². The third-order valence-electron chi connectivity index (χ3n) is 3.54. The van der Waals surface area contributed by atoms with Crippen LogP contribution in [0.3, 0.4) is 0 Å². The van der Waals surface area contributed by atoms with E-state index < -0.39 is 10.0 Å². The number of nitrogens with one attached hydrogen (secondary N) is 1. The van der Waals surface area contributed by atoms with E-state index in [1.807, 2.05) is 12.0 Å². The Morgan fingerprint density at radius 2 is 2.22 bits per heavy atom. The molecule has 0 bridgehead atoms. The van der Waals surface area contributed by atoms with Gasteiger partial charge in [-0.05, 0) is 46.5 Å². The van der Waals surface area contributed by atoms with Crippen LogP contribution in [0, 0.1) is 5.41 Å². The fraction of sp³-hybridized carbons (Fsp3) is 0.500. The fourth-order valence-electron chi connectivity index (χ4n) is 2.16. The second kappa shape index (κ2) is 6.76. The Kier molecular flexibility index (Phi) is 5.34. The Bertz CT molecular complexity index is 705. The fourth-order valence-corrected chi connectivity index (χ4v) is 3.56. The van der Waals surface area contributed by atoms with Gasteiger partial charge in [0.1, 0.15) is 6.34 Å². The minimum Gasteiger partial charge on any atom is -0.398 e. The summed E-state index contributed by atoms with van der Waals surface area (Å²) < 4.78 is 29.0. The molecule has 0 atom stereocenters. The van der Waals surface area contributed by atoms with Crippen molar-refractivity contribution < 1.29 is 8.42 Å². The monoisotopic (exact) mass is 403 g/mol. The largest absolute Gasteiger partial charge is 0.398 e. The van der Waals surface area contributed by atoms with E-state index in [2.05, 4.69) is 39.6 Å². The molecule has 1 aromatic rings. The highest BCUT2D eigenvalue weighted by Crippen LogP contribution is 2.24. The van der Waals surface area contributed by atoms with Gasteiger partial charge in [-0.25, -0.2) is 5.43 Å². The molecule has 0 aliphatic carbocycles. The summed E-state index contributed by atoms with van der Waals surface area (Å²) in [6.07, 6.45) is 1.34. The SMILES string of the molecule is CCN(C=NS(=O)(=O)c1ccc(N)c(Br)c1)N1CC(C)(C)CN1. The highest BCUT2D eigenvalue weighted by atomic mass is 79.9. The Morgan fingerprint density at radius 1 is 1.52 bits per heavy atom. The van der Waals surface area contributed by atoms with Gasteiger partial charge in [-0.3, -0.25) is 5.01 Å². The molecule has 0 amide bonds. The van der Waals surface area contributed by atoms with Crippen LogP contribution in [-0.4, -0.2) is 44.5 Å². The van der Waals surface area contributed by atoms with Gasteiger partial charge < -0.3 is 5.73 Å². The van der Waals surface area contributed by atoms with Crippen molar-refractivity contribution in [1.82, 2.24) is 15.6 Å². The number of nitrogens with two attached hydrogens (primary N) is 1. The number of rotatable bonds is 5. The second-order valence-electron chi connectivity index (χ2n) is 6.19. The van der Waals surface area contributed by atoms with Crippen molar-refractivity contribution >= 4 is 38.0 Å². The van der Waals surface area contributed by atoms with Crippen molar-refractivity contribution in [2.45, 2.75) is 25.7 Å². The number of anilines is 1. The number of sulfonamides is 1. The van der Waals surface area contributed by atoms with Gasteiger partial charge in [-0.15, -0.1) is 4.40 Å². The van der Waals surface area contributed by atoms with E-state index in [9.17, 15) is 8.42 Å². The molecule has 0 saturated carbocycles. The quantitative estimate of drug-likeness (QED) is 0.442. The Labute approximate surface area is 145 Å². The first-order valence-electron chi connectivity index (χ1n) is 7.28. The van der Waals surface area contributed by atoms with E-state index >= 15 is 0 Å². The second-order valence-corrected chi connectivity index (χ2v) is 8.68. The number of hydrogen-bond donors (Lipinski definition) is 2. The molecule has 3 N–H and O–H groups in total. The van der Waals surface area contributed by atoms with Gasteiger partial charge in [-0.2, -0.15) is 13.5 Å². The number of hydrazine groups is 2. The number of halogens is 1. The van der Waals surface area contributed by atoms with Crippen molar-refractivity contribution in [3.63, 3.8) is 0 Å². The van der Waals surface area contributed by atoms with Gasteiger partial charge in [-0.1, -0.05) is 13.8 Å². The van der Waals surface area contributed by atoms with Gasteiger partial charge in [0.25, 0.3) is 10.0 Å². The molecule has 2 rings (SSSR count). The average Bonchev–Trinajstić information content (AvgIpc) is 2.82. The molecule has 1 aromatic carbocycles. The summed E-state index contributed by atoms with van der Waals surface area (Å²) in [6, 6.07) is 4.43. The summed E-state index contributed by atoms with van der Waals surface area (Å²) in [5.41, 5.74) is 9.53. The minimum absolute atomic E-state index is 0.0978. The van der Waals surface area contributed by atoms with Crippen molar-refractivity contribution in [3.8, 4) is 0 Å². The summed E-state index contributed by atoms with van der Waals surface area (Å²) in [6.45, 7) is 8.44. The first-order chi connectivity index (χ1) is 10.6. The van der Waals surface area contributed by atoms with Crippen LogP contribution in [0.5, 0.6) is 0 Å². The van der Waals surface area contributed by atoms with Crippen LogP contribution < -0.4 is 11.2 Å². The van der Waals surface area contributed by atoms with E-state index in [0.717, 1.165) is 13.1 Å². The highest BCUT2D eigenvalue weighted by molar-refractivity contribution is 9.10. The first-order valence-corrected chi connectivity index (χ1v) is 9.51. The maximum atomic E-state index is 12.3. The third kappa shape index (κ3) is 4.43. The van der Waals surface area contributed by atoms with Crippen LogP contribution in [0.1, 0.15) is 20.8 Å². The van der Waals surface area contributed by atoms with Gasteiger partial charge in [0.15, 0.2) is 0 Å². The van der Waals surface area contributed by atoms with Gasteiger partial charge in [0.05, 0.1) is 4.90 Å². The molecule has 9 heteroatoms. The van der Waals surface area contributed by atoms with E-state index in [0.29, 0.717) is 16.7 Å². The first kappa shape index (κ1) is 18.2. The number of hydrogen-bond acceptors (Lipinski definition) is 5. The van der Waals surface area contributed by atoms with Crippen molar-refractivity contribution in [2.75, 3.05) is 25.4 Å². The van der Waals surface area contributed by atoms with E-state index in [-0.39, 0.29) is 10.3 Å². The number of nitrogens with zero attached hydrogens (tertiary/aromatic N) is 3. The zero-order valence-corrected chi connectivity index (χ0v) is 15.9. The minimum atomic E-state index is -3.78. The zero-order valence-electron chi connectivity index (χ0n) is 13.5. The zero-order chi connectivity index (χ0) is 17.3. The molecule has 0 unspecified atom stereocenters. The third-order valence-corrected chi connectivity index (χ3v) is 5.45. The summed E-state index contributed by atoms with van der Waals surface area (Å²) in [4.78, 5) is 0.0978. The Hall–Kier alpha value is -1.16. The summed E-state index contributed by atoms with van der Waals surface area (Å²) in [5.74, 6) is 0. The molecule has 0 radical (unpaired) electrons. The topological polar surface area (TPSA) is 91.0 Å². The lowest BCUT2D eigenvalue weighted by Crippen LogP contribution is -2.46. The van der Waals surface area contributed by atoms with Crippen LogP contribution >= 0.6 is 15.9 Å². The number of benzene rings is 1. The maximum absolute atomic E-state index is 12.3. The van der Waals surface area contributed by atoms with E-state index in [1.165, 1.54) is 24.5 Å². The van der Waals surface area contributed by atoms with Crippen LogP contribution in [0.4, 0.5) is 5.69 Å². The lowest BCUT2D eigenvalue weighted by Gasteiger charge is -2.28. The van der Waals surface area contributed by atoms with E-state index in [1.54, 1.807) is 5.01 Å². The standard InChI is InChI=1S/C14H22BrN5O2S/c1-4-19(20-9-14(2,3)8-17-20)10-18-23(21,22)11-5-6-13(16)12(15)7-11/h5-7,10,17H,4,8-9,16H2,1-3H3. The summed E-state index contributed by atoms with van der Waals surface area (Å²) >= 11 is 3.23. The molecule has 1 heterocycles. The predicted octanol–water partition coefficient (Wildman–Crippen LogP) is 1.83. The molecule has 1 aliphatic heterocycles. The number of nitrogen functional groups attached to an aromatic ring is 1. The van der Waals surface area contributed by atoms with Crippen LogP contribution in [0.15, 0.2) is 32.0 Å². The molecule has 1 aliphatic rings. The smallest absolute Gasteiger partial charge is 0.283 e. The van der Waals surface area contributed by atoms with Crippen LogP contribution in [0.2, 0.25) is 0 Å². The molecular weight excluding hydrogens is 382 g/mol. The predicted molar refractivity (Wildman–Crippen MR) is 95.1 cm³/mol. The van der Waals surface area contributed by atoms with Crippen LogP contribution in [-0.2, 0) is 10.0 Å². The molecular formula is C14H22BrN5O2S. The van der Waals surface area contributed by atoms with Gasteiger partial charge in [0, 0.05) is 29.8 Å². The van der Waals surface area contributed by atoms with Crippen LogP contribution in [0.25, 0.3) is 0 Å². The Balaban J connectivity index is 2.17. The van der Waals surface area contributed by atoms with Crippen molar-refractivity contribution in [1.29, 1.82) is 0 Å². The molecule has 0 aromatic heterocycles.